The number of nitrogens with one attached hydrogen (secondary N) is 2. The molecule has 0 fully saturated rings. The molecule has 0 spiro atoms. The molecule has 1 amide bonds. The van der Waals surface area contributed by atoms with Crippen molar-refractivity contribution in [2.24, 2.45) is 0 Å². The van der Waals surface area contributed by atoms with Crippen LogP contribution in [0.25, 0.3) is 0 Å². The standard InChI is InChI=1S/C10H14N4O4/c1-18-3-2-11-9(15)6-14-8-5-12-7(4-13-8)10(16)17/h4-5H,2-3,6H2,1H3,(H,11,15)(H,13,14)(H,16,17). The van der Waals surface area contributed by atoms with Gasteiger partial charge in [0.05, 0.1) is 25.5 Å². The van der Waals surface area contributed by atoms with E-state index in [9.17, 15) is 9.59 Å². The lowest BCUT2D eigenvalue weighted by atomic mass is 10.4. The molecule has 0 saturated carbocycles. The Balaban J connectivity index is 2.34. The van der Waals surface area contributed by atoms with Gasteiger partial charge in [0.25, 0.3) is 0 Å². The molecule has 18 heavy (non-hydrogen) atoms. The van der Waals surface area contributed by atoms with Crippen LogP contribution in [-0.4, -0.2) is 53.8 Å². The molecule has 98 valence electrons. The molecule has 0 aliphatic carbocycles. The van der Waals surface area contributed by atoms with Gasteiger partial charge in [0.15, 0.2) is 5.69 Å². The number of methoxy groups -OCH3 is 1. The van der Waals surface area contributed by atoms with E-state index in [1.807, 2.05) is 0 Å². The lowest BCUT2D eigenvalue weighted by molar-refractivity contribution is -0.119. The SMILES string of the molecule is COCCNC(=O)CNc1cnc(C(=O)O)cn1. The van der Waals surface area contributed by atoms with Crippen LogP contribution in [0, 0.1) is 0 Å². The number of anilines is 1. The molecule has 0 aliphatic heterocycles. The predicted octanol–water partition coefficient (Wildman–Crippen LogP) is -0.651. The molecule has 3 N–H and O–H groups in total. The number of ether oxygens (including phenoxy) is 1. The monoisotopic (exact) mass is 254 g/mol. The summed E-state index contributed by atoms with van der Waals surface area (Å²) in [5.41, 5.74) is -0.148. The normalized spacial score (nSPS) is 9.83. The molecule has 1 aromatic rings. The van der Waals surface area contributed by atoms with E-state index in [0.29, 0.717) is 19.0 Å². The number of nitrogens with zero attached hydrogens (tertiary/aromatic N) is 2. The summed E-state index contributed by atoms with van der Waals surface area (Å²) in [4.78, 5) is 29.3. The molecule has 0 saturated heterocycles. The van der Waals surface area contributed by atoms with Gasteiger partial charge in [0.2, 0.25) is 5.91 Å². The summed E-state index contributed by atoms with van der Waals surface area (Å²) in [6, 6.07) is 0. The van der Waals surface area contributed by atoms with Gasteiger partial charge in [0.1, 0.15) is 5.82 Å². The first-order chi connectivity index (χ1) is 8.63. The van der Waals surface area contributed by atoms with Gasteiger partial charge in [-0.05, 0) is 0 Å². The van der Waals surface area contributed by atoms with Gasteiger partial charge in [0, 0.05) is 13.7 Å². The minimum Gasteiger partial charge on any atom is -0.476 e. The molecular formula is C10H14N4O4. The van der Waals surface area contributed by atoms with Crippen LogP contribution in [0.2, 0.25) is 0 Å². The lowest BCUT2D eigenvalue weighted by Crippen LogP contribution is -2.32. The number of aromatic carboxylic acids is 1. The summed E-state index contributed by atoms with van der Waals surface area (Å²) in [6.45, 7) is 0.907. The number of carbonyl (C=O) groups excluding carboxylic acids is 1. The fraction of sp³-hybridized carbons (Fsp3) is 0.400. The van der Waals surface area contributed by atoms with E-state index in [0.717, 1.165) is 6.20 Å². The molecule has 8 nitrogen and oxygen atoms in total. The third kappa shape index (κ3) is 4.74. The lowest BCUT2D eigenvalue weighted by Gasteiger charge is -2.06. The Hall–Kier alpha value is -2.22. The summed E-state index contributed by atoms with van der Waals surface area (Å²) in [6.07, 6.45) is 2.37. The average Bonchev–Trinajstić information content (AvgIpc) is 2.37. The van der Waals surface area contributed by atoms with Crippen LogP contribution in [0.4, 0.5) is 5.82 Å². The minimum atomic E-state index is -1.15. The quantitative estimate of drug-likeness (QED) is 0.554. The van der Waals surface area contributed by atoms with Gasteiger partial charge >= 0.3 is 5.97 Å². The maximum Gasteiger partial charge on any atom is 0.356 e. The van der Waals surface area contributed by atoms with Crippen LogP contribution in [-0.2, 0) is 9.53 Å². The number of rotatable bonds is 7. The van der Waals surface area contributed by atoms with Crippen molar-refractivity contribution in [3.8, 4) is 0 Å². The first-order valence-corrected chi connectivity index (χ1v) is 5.18. The Bertz CT molecular complexity index is 407. The van der Waals surface area contributed by atoms with E-state index in [1.54, 1.807) is 7.11 Å². The average molecular weight is 254 g/mol. The summed E-state index contributed by atoms with van der Waals surface area (Å²) in [7, 11) is 1.55. The number of carbonyl (C=O) groups is 2. The Kier molecular flexibility index (Phi) is 5.52. The highest BCUT2D eigenvalue weighted by Gasteiger charge is 2.05. The van der Waals surface area contributed by atoms with Crippen molar-refractivity contribution in [3.63, 3.8) is 0 Å². The second-order valence-electron chi connectivity index (χ2n) is 3.29. The van der Waals surface area contributed by atoms with Crippen LogP contribution in [0.15, 0.2) is 12.4 Å². The summed E-state index contributed by atoms with van der Waals surface area (Å²) in [5.74, 6) is -1.02. The van der Waals surface area contributed by atoms with Crippen molar-refractivity contribution < 1.29 is 19.4 Å². The highest BCUT2D eigenvalue weighted by Crippen LogP contribution is 2.00. The second-order valence-corrected chi connectivity index (χ2v) is 3.29. The molecule has 0 radical (unpaired) electrons. The number of carboxylic acid groups (broad SMARTS) is 1. The van der Waals surface area contributed by atoms with Crippen molar-refractivity contribution in [2.45, 2.75) is 0 Å². The Morgan fingerprint density at radius 1 is 1.39 bits per heavy atom. The fourth-order valence-corrected chi connectivity index (χ4v) is 1.06. The predicted molar refractivity (Wildman–Crippen MR) is 62.4 cm³/mol. The van der Waals surface area contributed by atoms with Crippen molar-refractivity contribution in [1.29, 1.82) is 0 Å². The van der Waals surface area contributed by atoms with Gasteiger partial charge in [-0.15, -0.1) is 0 Å². The third-order valence-electron chi connectivity index (χ3n) is 1.93. The first kappa shape index (κ1) is 13.8. The van der Waals surface area contributed by atoms with Crippen LogP contribution in [0.1, 0.15) is 10.5 Å². The molecule has 8 heteroatoms. The maximum absolute atomic E-state index is 11.3. The van der Waals surface area contributed by atoms with E-state index in [4.69, 9.17) is 9.84 Å². The molecule has 1 aromatic heterocycles. The molecule has 0 atom stereocenters. The number of amides is 1. The van der Waals surface area contributed by atoms with Gasteiger partial charge in [-0.25, -0.2) is 14.8 Å². The van der Waals surface area contributed by atoms with E-state index < -0.39 is 5.97 Å². The Morgan fingerprint density at radius 2 is 2.17 bits per heavy atom. The van der Waals surface area contributed by atoms with Crippen molar-refractivity contribution >= 4 is 17.7 Å². The van der Waals surface area contributed by atoms with Gasteiger partial charge in [-0.3, -0.25) is 4.79 Å². The summed E-state index contributed by atoms with van der Waals surface area (Å²) >= 11 is 0. The van der Waals surface area contributed by atoms with Crippen molar-refractivity contribution in [2.75, 3.05) is 32.1 Å². The van der Waals surface area contributed by atoms with Crippen LogP contribution in [0.5, 0.6) is 0 Å². The topological polar surface area (TPSA) is 113 Å². The Labute approximate surface area is 103 Å². The summed E-state index contributed by atoms with van der Waals surface area (Å²) < 4.78 is 4.78. The molecule has 1 heterocycles. The first-order valence-electron chi connectivity index (χ1n) is 5.18. The number of hydrogen-bond acceptors (Lipinski definition) is 6. The largest absolute Gasteiger partial charge is 0.476 e. The highest BCUT2D eigenvalue weighted by molar-refractivity contribution is 5.85. The van der Waals surface area contributed by atoms with Crippen LogP contribution < -0.4 is 10.6 Å². The highest BCUT2D eigenvalue weighted by atomic mass is 16.5. The van der Waals surface area contributed by atoms with Crippen molar-refractivity contribution in [3.05, 3.63) is 18.1 Å². The van der Waals surface area contributed by atoms with Gasteiger partial charge < -0.3 is 20.5 Å². The fourth-order valence-electron chi connectivity index (χ4n) is 1.06. The molecule has 0 aromatic carbocycles. The number of carboxylic acids is 1. The molecule has 0 aliphatic rings. The number of hydrogen-bond donors (Lipinski definition) is 3. The molecule has 1 rings (SSSR count). The molecule has 0 bridgehead atoms. The molecule has 0 unspecified atom stereocenters. The molecular weight excluding hydrogens is 240 g/mol. The van der Waals surface area contributed by atoms with E-state index in [1.165, 1.54) is 6.20 Å². The summed E-state index contributed by atoms with van der Waals surface area (Å²) in [5, 5.41) is 13.9. The smallest absolute Gasteiger partial charge is 0.356 e. The van der Waals surface area contributed by atoms with Crippen molar-refractivity contribution in [1.82, 2.24) is 15.3 Å². The zero-order valence-corrected chi connectivity index (χ0v) is 9.84. The van der Waals surface area contributed by atoms with Gasteiger partial charge in [-0.2, -0.15) is 0 Å². The second kappa shape index (κ2) is 7.17. The maximum atomic E-state index is 11.3. The minimum absolute atomic E-state index is 0.0326. The van der Waals surface area contributed by atoms with E-state index in [2.05, 4.69) is 20.6 Å². The van der Waals surface area contributed by atoms with Crippen LogP contribution >= 0.6 is 0 Å². The third-order valence-corrected chi connectivity index (χ3v) is 1.93. The van der Waals surface area contributed by atoms with Crippen LogP contribution in [0.3, 0.4) is 0 Å². The van der Waals surface area contributed by atoms with Gasteiger partial charge in [-0.1, -0.05) is 0 Å². The van der Waals surface area contributed by atoms with E-state index >= 15 is 0 Å². The zero-order valence-electron chi connectivity index (χ0n) is 9.84. The number of aromatic nitrogens is 2. The zero-order chi connectivity index (χ0) is 13.4. The Morgan fingerprint density at radius 3 is 2.72 bits per heavy atom. The van der Waals surface area contributed by atoms with E-state index in [-0.39, 0.29) is 18.1 Å².